The third-order valence-corrected chi connectivity index (χ3v) is 7.10. The van der Waals surface area contributed by atoms with Crippen LogP contribution < -0.4 is 0 Å². The molecule has 1 rings (SSSR count). The van der Waals surface area contributed by atoms with E-state index >= 15 is 0 Å². The number of halogens is 15. The number of rotatable bonds is 6. The molecular weight excluding hydrogens is 600 g/mol. The van der Waals surface area contributed by atoms with Crippen molar-refractivity contribution in [3.05, 3.63) is 0 Å². The van der Waals surface area contributed by atoms with E-state index in [1.165, 1.54) is 0 Å². The zero-order valence-corrected chi connectivity index (χ0v) is 18.3. The lowest BCUT2D eigenvalue weighted by Crippen LogP contribution is -2.09. The highest BCUT2D eigenvalue weighted by Crippen LogP contribution is 2.60. The van der Waals surface area contributed by atoms with Crippen LogP contribution in [0.4, 0.5) is 57.1 Å². The Balaban J connectivity index is 3.97. The van der Waals surface area contributed by atoms with E-state index < -0.39 is 109 Å². The van der Waals surface area contributed by atoms with Crippen LogP contribution in [-0.2, 0) is 0 Å². The van der Waals surface area contributed by atoms with E-state index in [4.69, 9.17) is 23.2 Å². The van der Waals surface area contributed by atoms with Crippen molar-refractivity contribution in [2.24, 2.45) is 0 Å². The summed E-state index contributed by atoms with van der Waals surface area (Å²) in [5.41, 5.74) is -22.0. The minimum Gasteiger partial charge on any atom is -0.265 e. The predicted octanol–water partition coefficient (Wildman–Crippen LogP) is 9.49. The minimum atomic E-state index is -5.52. The largest absolute Gasteiger partial charge is 0.447 e. The van der Waals surface area contributed by atoms with Crippen LogP contribution in [0.5, 0.6) is 0 Å². The molecule has 0 N–H and O–H groups in total. The van der Waals surface area contributed by atoms with Gasteiger partial charge in [-0.05, 0) is 23.5 Å². The summed E-state index contributed by atoms with van der Waals surface area (Å²) in [6, 6.07) is 0. The van der Waals surface area contributed by atoms with E-state index in [0.29, 0.717) is 0 Å². The van der Waals surface area contributed by atoms with Crippen LogP contribution in [0.2, 0.25) is 0 Å². The molecule has 0 saturated heterocycles. The van der Waals surface area contributed by atoms with Crippen molar-refractivity contribution in [2.45, 2.75) is 45.8 Å². The average molecular weight is 600 g/mol. The van der Waals surface area contributed by atoms with Crippen molar-refractivity contribution in [2.75, 3.05) is 0 Å². The van der Waals surface area contributed by atoms with Crippen molar-refractivity contribution >= 4 is 82.2 Å². The van der Waals surface area contributed by atoms with Gasteiger partial charge in [0, 0.05) is 35.5 Å². The Kier molecular flexibility index (Phi) is 9.12. The fourth-order valence-electron chi connectivity index (χ4n) is 1.46. The van der Waals surface area contributed by atoms with Gasteiger partial charge in [-0.25, -0.2) is 0 Å². The predicted molar refractivity (Wildman–Crippen MR) is 90.6 cm³/mol. The highest BCUT2D eigenvalue weighted by Gasteiger charge is 2.47. The molecule has 1 nitrogen and oxygen atoms in total. The molecule has 0 bridgehead atoms. The van der Waals surface area contributed by atoms with Crippen LogP contribution in [-0.4, -0.2) is 29.9 Å². The Morgan fingerprint density at radius 1 is 0.500 bits per heavy atom. The minimum absolute atomic E-state index is 0.502. The summed E-state index contributed by atoms with van der Waals surface area (Å²) in [5.74, 6) is 0. The van der Waals surface area contributed by atoms with E-state index in [1.54, 1.807) is 0 Å². The Bertz CT molecular complexity index is 584. The molecule has 1 heterocycles. The summed E-state index contributed by atoms with van der Waals surface area (Å²) in [6.07, 6.45) is 0. The molecule has 1 aromatic rings. The van der Waals surface area contributed by atoms with Gasteiger partial charge in [0.25, 0.3) is 0 Å². The van der Waals surface area contributed by atoms with Crippen molar-refractivity contribution in [1.82, 2.24) is 3.97 Å². The molecule has 0 aliphatic heterocycles. The van der Waals surface area contributed by atoms with Crippen LogP contribution in [0.25, 0.3) is 0 Å². The smallest absolute Gasteiger partial charge is 0.265 e. The van der Waals surface area contributed by atoms with Gasteiger partial charge < -0.3 is 0 Å². The number of hydrogen-bond donors (Lipinski definition) is 0. The first kappa shape index (κ1) is 28.7. The Hall–Kier alpha value is 0.700. The Morgan fingerprint density at radius 3 is 0.967 bits per heavy atom. The van der Waals surface area contributed by atoms with Gasteiger partial charge in [-0.1, -0.05) is 23.2 Å². The van der Waals surface area contributed by atoms with Gasteiger partial charge in [-0.2, -0.15) is 57.1 Å². The average Bonchev–Trinajstić information content (AvgIpc) is 2.57. The first-order valence-electron chi connectivity index (χ1n) is 6.05. The van der Waals surface area contributed by atoms with Crippen LogP contribution >= 0.6 is 82.2 Å². The monoisotopic (exact) mass is 599 g/mol. The molecule has 1 aromatic heterocycles. The highest BCUT2D eigenvalue weighted by molar-refractivity contribution is 8.07. The molecule has 0 aliphatic carbocycles. The lowest BCUT2D eigenvalue weighted by Gasteiger charge is -2.17. The summed E-state index contributed by atoms with van der Waals surface area (Å²) in [6.45, 7) is 0. The van der Waals surface area contributed by atoms with Gasteiger partial charge in [-0.3, -0.25) is 3.97 Å². The van der Waals surface area contributed by atoms with Crippen LogP contribution in [0.1, 0.15) is 0 Å². The first-order valence-corrected chi connectivity index (χ1v) is 10.8. The van der Waals surface area contributed by atoms with Crippen LogP contribution in [0, 0.1) is 0 Å². The highest BCUT2D eigenvalue weighted by atomic mass is 35.5. The number of alkyl halides is 15. The summed E-state index contributed by atoms with van der Waals surface area (Å²) in [7, 11) is 0. The van der Waals surface area contributed by atoms with Crippen molar-refractivity contribution in [3.8, 4) is 0 Å². The maximum absolute atomic E-state index is 13.6. The number of thioether (sulfide) groups is 4. The van der Waals surface area contributed by atoms with E-state index in [2.05, 4.69) is 0 Å². The maximum Gasteiger partial charge on any atom is 0.447 e. The fourth-order valence-corrected chi connectivity index (χ4v) is 6.31. The quantitative estimate of drug-likeness (QED) is 0.182. The third-order valence-electron chi connectivity index (χ3n) is 2.02. The standard InChI is InChI=1S/C9Cl2F13NS5/c10-5(11,12)30-25-3(28-8(19,20)21)1(26-6(13,14)15)2(27-7(16,17)18)4(25)29-9(22,23)24. The van der Waals surface area contributed by atoms with Crippen molar-refractivity contribution in [3.63, 3.8) is 0 Å². The molecule has 21 heteroatoms. The van der Waals surface area contributed by atoms with E-state index in [-0.39, 0.29) is 0 Å². The molecular formula is C9Cl2F13NS5. The SMILES string of the molecule is FC(F)(F)Sc1c(SC(F)(F)F)c(SC(F)(F)F)n(SC(F)(Cl)Cl)c1SC(F)(F)F. The van der Waals surface area contributed by atoms with Gasteiger partial charge in [0.05, 0.1) is 9.79 Å². The van der Waals surface area contributed by atoms with E-state index in [1.807, 2.05) is 0 Å². The van der Waals surface area contributed by atoms with Crippen LogP contribution in [0.3, 0.4) is 0 Å². The summed E-state index contributed by atoms with van der Waals surface area (Å²) >= 11 is 2.78. The molecule has 0 aromatic carbocycles. The molecule has 0 amide bonds. The van der Waals surface area contributed by atoms with Gasteiger partial charge >= 0.3 is 26.0 Å². The fraction of sp³-hybridized carbons (Fsp3) is 0.556. The third kappa shape index (κ3) is 10.5. The molecule has 0 unspecified atom stereocenters. The zero-order valence-electron chi connectivity index (χ0n) is 12.7. The molecule has 0 atom stereocenters. The summed E-state index contributed by atoms with van der Waals surface area (Å²) < 4.78 is 163. The van der Waals surface area contributed by atoms with Gasteiger partial charge in [-0.15, -0.1) is 0 Å². The maximum atomic E-state index is 13.6. The lowest BCUT2D eigenvalue weighted by molar-refractivity contribution is -0.0354. The zero-order chi connectivity index (χ0) is 23.9. The normalized spacial score (nSPS) is 14.5. The molecule has 176 valence electrons. The van der Waals surface area contributed by atoms with Gasteiger partial charge in [0.2, 0.25) is 0 Å². The number of hydrogen-bond acceptors (Lipinski definition) is 5. The topological polar surface area (TPSA) is 4.93 Å². The Morgan fingerprint density at radius 2 is 0.767 bits per heavy atom. The molecule has 0 saturated carbocycles. The second kappa shape index (κ2) is 9.52. The summed E-state index contributed by atoms with van der Waals surface area (Å²) in [5, 5.41) is -3.67. The molecule has 0 spiro atoms. The summed E-state index contributed by atoms with van der Waals surface area (Å²) in [4.78, 5) is -3.77. The van der Waals surface area contributed by atoms with E-state index in [0.717, 1.165) is 0 Å². The molecule has 0 radical (unpaired) electrons. The van der Waals surface area contributed by atoms with Crippen molar-refractivity contribution < 1.29 is 57.1 Å². The van der Waals surface area contributed by atoms with Crippen LogP contribution in [0.15, 0.2) is 19.8 Å². The van der Waals surface area contributed by atoms with Gasteiger partial charge in [0.1, 0.15) is 10.1 Å². The second-order valence-corrected chi connectivity index (χ2v) is 11.3. The second-order valence-electron chi connectivity index (χ2n) is 4.29. The van der Waals surface area contributed by atoms with E-state index in [9.17, 15) is 57.1 Å². The van der Waals surface area contributed by atoms with Crippen molar-refractivity contribution in [1.29, 1.82) is 0 Å². The lowest BCUT2D eigenvalue weighted by atomic mass is 10.6. The number of nitrogens with zero attached hydrogens (tertiary/aromatic N) is 1. The molecule has 0 fully saturated rings. The van der Waals surface area contributed by atoms with Gasteiger partial charge in [0.15, 0.2) is 0 Å². The molecule has 30 heavy (non-hydrogen) atoms. The first-order chi connectivity index (χ1) is 13.0. The Labute approximate surface area is 188 Å². The number of aromatic nitrogens is 1. The molecule has 0 aliphatic rings.